The van der Waals surface area contributed by atoms with Gasteiger partial charge in [-0.3, -0.25) is 0 Å². The van der Waals surface area contributed by atoms with Crippen molar-refractivity contribution in [2.75, 3.05) is 6.26 Å². The van der Waals surface area contributed by atoms with Crippen LogP contribution in [0.5, 0.6) is 0 Å². The molecule has 0 bridgehead atoms. The monoisotopic (exact) mass is 738 g/mol. The number of fused-ring (bicyclic) bond motifs is 5. The number of benzene rings is 9. The van der Waals surface area contributed by atoms with Gasteiger partial charge in [0.15, 0.2) is 0 Å². The van der Waals surface area contributed by atoms with E-state index < -0.39 is 9.16 Å². The molecule has 9 aromatic carbocycles. The van der Waals surface area contributed by atoms with Gasteiger partial charge in [-0.1, -0.05) is 220 Å². The second-order valence-electron chi connectivity index (χ2n) is 16.4. The molecule has 56 heavy (non-hydrogen) atoms. The van der Waals surface area contributed by atoms with Gasteiger partial charge in [-0.25, -0.2) is 9.16 Å². The SMILES string of the molecule is Cc1ccc2c(-c3ccc([SH](C)(c4ccccc4)(c4ccccc4)c4ccccc4)cc3)c3ccccc3c(-c3cccc4c3-c3ccccc3C4(C)C)c2c1. The fourth-order valence-corrected chi connectivity index (χ4v) is 15.6. The van der Waals surface area contributed by atoms with Crippen LogP contribution in [0.4, 0.5) is 0 Å². The van der Waals surface area contributed by atoms with Crippen LogP contribution in [0.1, 0.15) is 30.5 Å². The molecule has 0 fully saturated rings. The highest BCUT2D eigenvalue weighted by atomic mass is 32.3. The lowest BCUT2D eigenvalue weighted by molar-refractivity contribution is 0.660. The molecule has 0 saturated carbocycles. The molecular weight excluding hydrogens is 693 g/mol. The Balaban J connectivity index is 1.25. The summed E-state index contributed by atoms with van der Waals surface area (Å²) in [5.41, 5.74) is 11.9. The molecule has 272 valence electrons. The lowest BCUT2D eigenvalue weighted by atomic mass is 9.80. The summed E-state index contributed by atoms with van der Waals surface area (Å²) in [7, 11) is -3.17. The van der Waals surface area contributed by atoms with Crippen molar-refractivity contribution in [2.45, 2.75) is 45.8 Å². The summed E-state index contributed by atoms with van der Waals surface area (Å²) in [6, 6.07) is 75.4. The smallest absolute Gasteiger partial charge is 0.0159 e. The molecule has 0 atom stereocenters. The minimum absolute atomic E-state index is 0.0701. The van der Waals surface area contributed by atoms with Gasteiger partial charge in [0, 0.05) is 5.41 Å². The molecule has 0 radical (unpaired) electrons. The van der Waals surface area contributed by atoms with E-state index in [1.54, 1.807) is 0 Å². The fraction of sp³-hybridized carbons (Fsp3) is 0.0909. The highest BCUT2D eigenvalue weighted by molar-refractivity contribution is 8.49. The standard InChI is InChI=1S/C55H46S/c1-38-31-36-46-49(37-38)53(48-28-18-30-51-54(48)47-27-16-17-29-50(47)55(51,2)3)45-26-15-14-25-44(45)52(46)39-32-34-43(35-33-39)56(4,40-19-8-5-9-20-40,41-21-10-6-11-22-41)42-23-12-7-13-24-42/h5-37,56H,1-4H3. The van der Waals surface area contributed by atoms with Crippen molar-refractivity contribution in [3.63, 3.8) is 0 Å². The van der Waals surface area contributed by atoms with Crippen molar-refractivity contribution in [1.29, 1.82) is 0 Å². The minimum atomic E-state index is -3.17. The van der Waals surface area contributed by atoms with E-state index in [0.29, 0.717) is 0 Å². The predicted octanol–water partition coefficient (Wildman–Crippen LogP) is 15.2. The summed E-state index contributed by atoms with van der Waals surface area (Å²) in [5, 5.41) is 5.14. The summed E-state index contributed by atoms with van der Waals surface area (Å²) in [5.74, 6) is 0. The third-order valence-corrected chi connectivity index (χ3v) is 19.4. The van der Waals surface area contributed by atoms with Crippen molar-refractivity contribution >= 4 is 30.7 Å². The maximum absolute atomic E-state index is 3.17. The van der Waals surface area contributed by atoms with E-state index in [4.69, 9.17) is 0 Å². The summed E-state index contributed by atoms with van der Waals surface area (Å²) < 4.78 is 0. The number of thiol groups is 1. The highest BCUT2D eigenvalue weighted by Gasteiger charge is 2.44. The average Bonchev–Trinajstić information content (AvgIpc) is 3.49. The molecule has 0 N–H and O–H groups in total. The first-order chi connectivity index (χ1) is 27.3. The van der Waals surface area contributed by atoms with E-state index >= 15 is 0 Å². The van der Waals surface area contributed by atoms with Crippen LogP contribution in [0.2, 0.25) is 0 Å². The van der Waals surface area contributed by atoms with Crippen LogP contribution in [0, 0.1) is 6.92 Å². The maximum atomic E-state index is 2.54. The molecule has 1 aliphatic carbocycles. The molecule has 1 aliphatic rings. The average molecular weight is 739 g/mol. The highest BCUT2D eigenvalue weighted by Crippen LogP contribution is 2.87. The Morgan fingerprint density at radius 3 is 1.43 bits per heavy atom. The molecule has 0 aliphatic heterocycles. The molecule has 0 amide bonds. The topological polar surface area (TPSA) is 0 Å². The Bertz CT molecular complexity index is 2840. The first-order valence-electron chi connectivity index (χ1n) is 19.8. The lowest BCUT2D eigenvalue weighted by Crippen LogP contribution is -2.19. The van der Waals surface area contributed by atoms with E-state index in [1.807, 2.05) is 0 Å². The fourth-order valence-electron chi connectivity index (χ4n) is 10.2. The van der Waals surface area contributed by atoms with Gasteiger partial charge in [0.1, 0.15) is 0 Å². The summed E-state index contributed by atoms with van der Waals surface area (Å²) in [4.78, 5) is 5.43. The zero-order chi connectivity index (χ0) is 38.1. The third-order valence-electron chi connectivity index (χ3n) is 13.1. The van der Waals surface area contributed by atoms with Gasteiger partial charge in [-0.15, -0.1) is 0 Å². The van der Waals surface area contributed by atoms with Gasteiger partial charge in [0.05, 0.1) is 0 Å². The van der Waals surface area contributed by atoms with Gasteiger partial charge < -0.3 is 0 Å². The molecule has 1 heteroatoms. The normalized spacial score (nSPS) is 13.9. The van der Waals surface area contributed by atoms with Gasteiger partial charge >= 0.3 is 0 Å². The summed E-state index contributed by atoms with van der Waals surface area (Å²) in [6.07, 6.45) is 2.54. The lowest BCUT2D eigenvalue weighted by Gasteiger charge is -2.60. The number of aryl methyl sites for hydroxylation is 1. The molecule has 0 saturated heterocycles. The second kappa shape index (κ2) is 12.7. The number of hydrogen-bond acceptors (Lipinski definition) is 0. The van der Waals surface area contributed by atoms with E-state index in [0.717, 1.165) is 0 Å². The second-order valence-corrected chi connectivity index (χ2v) is 21.6. The first-order valence-corrected chi connectivity index (χ1v) is 22.5. The summed E-state index contributed by atoms with van der Waals surface area (Å²) >= 11 is 0. The molecule has 0 nitrogen and oxygen atoms in total. The van der Waals surface area contributed by atoms with Crippen LogP contribution in [-0.2, 0) is 5.41 Å². The van der Waals surface area contributed by atoms with E-state index in [1.165, 1.54) is 91.2 Å². The van der Waals surface area contributed by atoms with Crippen molar-refractivity contribution < 1.29 is 0 Å². The zero-order valence-electron chi connectivity index (χ0n) is 32.5. The number of rotatable bonds is 6. The Morgan fingerprint density at radius 2 is 0.821 bits per heavy atom. The van der Waals surface area contributed by atoms with Crippen molar-refractivity contribution in [2.24, 2.45) is 0 Å². The predicted molar refractivity (Wildman–Crippen MR) is 242 cm³/mol. The molecule has 10 rings (SSSR count). The van der Waals surface area contributed by atoms with Gasteiger partial charge in [0.25, 0.3) is 0 Å². The molecule has 0 spiro atoms. The van der Waals surface area contributed by atoms with Crippen molar-refractivity contribution in [3.8, 4) is 33.4 Å². The van der Waals surface area contributed by atoms with Crippen molar-refractivity contribution in [1.82, 2.24) is 0 Å². The first kappa shape index (κ1) is 34.3. The van der Waals surface area contributed by atoms with E-state index in [-0.39, 0.29) is 5.41 Å². The van der Waals surface area contributed by atoms with Crippen LogP contribution in [0.3, 0.4) is 0 Å². The molecular formula is C55H46S. The van der Waals surface area contributed by atoms with Crippen LogP contribution < -0.4 is 0 Å². The summed E-state index contributed by atoms with van der Waals surface area (Å²) in [6.45, 7) is 6.97. The Morgan fingerprint density at radius 1 is 0.357 bits per heavy atom. The van der Waals surface area contributed by atoms with Crippen LogP contribution in [-0.4, -0.2) is 6.26 Å². The Kier molecular flexibility index (Phi) is 7.79. The van der Waals surface area contributed by atoms with Gasteiger partial charge in [-0.05, 0) is 98.8 Å². The molecule has 9 aromatic rings. The largest absolute Gasteiger partial charge is 0.202 e. The molecule has 0 unspecified atom stereocenters. The van der Waals surface area contributed by atoms with Crippen molar-refractivity contribution in [3.05, 3.63) is 217 Å². The molecule has 0 aromatic heterocycles. The third kappa shape index (κ3) is 4.74. The molecule has 0 heterocycles. The van der Waals surface area contributed by atoms with Gasteiger partial charge in [-0.2, -0.15) is 0 Å². The van der Waals surface area contributed by atoms with Crippen LogP contribution in [0.25, 0.3) is 54.9 Å². The van der Waals surface area contributed by atoms with Crippen LogP contribution in [0.15, 0.2) is 220 Å². The Hall–Kier alpha value is -6.15. The minimum Gasteiger partial charge on any atom is -0.202 e. The number of hydrogen-bond donors (Lipinski definition) is 1. The van der Waals surface area contributed by atoms with E-state index in [9.17, 15) is 0 Å². The zero-order valence-corrected chi connectivity index (χ0v) is 33.4. The quantitative estimate of drug-likeness (QED) is 0.127. The Labute approximate surface area is 331 Å². The maximum Gasteiger partial charge on any atom is 0.0159 e. The van der Waals surface area contributed by atoms with E-state index in [2.05, 4.69) is 227 Å². The van der Waals surface area contributed by atoms with Crippen LogP contribution >= 0.6 is 9.16 Å². The van der Waals surface area contributed by atoms with Gasteiger partial charge in [0.2, 0.25) is 0 Å².